The van der Waals surface area contributed by atoms with E-state index in [0.717, 1.165) is 47.1 Å². The van der Waals surface area contributed by atoms with E-state index in [4.69, 9.17) is 5.73 Å². The first-order chi connectivity index (χ1) is 16.6. The van der Waals surface area contributed by atoms with Gasteiger partial charge >= 0.3 is 0 Å². The van der Waals surface area contributed by atoms with Crippen molar-refractivity contribution >= 4 is 28.2 Å². The maximum atomic E-state index is 13.0. The predicted molar refractivity (Wildman–Crippen MR) is 135 cm³/mol. The fraction of sp³-hybridized carbons (Fsp3) is 0.308. The van der Waals surface area contributed by atoms with Crippen LogP contribution in [-0.4, -0.2) is 51.1 Å². The van der Waals surface area contributed by atoms with E-state index < -0.39 is 0 Å². The number of hydrogen-bond donors (Lipinski definition) is 3. The third kappa shape index (κ3) is 4.77. The van der Waals surface area contributed by atoms with Gasteiger partial charge in [-0.25, -0.2) is 0 Å². The summed E-state index contributed by atoms with van der Waals surface area (Å²) in [6.45, 7) is 2.26. The zero-order valence-corrected chi connectivity index (χ0v) is 19.3. The van der Waals surface area contributed by atoms with Crippen molar-refractivity contribution in [3.05, 3.63) is 66.4 Å². The van der Waals surface area contributed by atoms with Crippen LogP contribution in [-0.2, 0) is 0 Å². The lowest BCUT2D eigenvalue weighted by molar-refractivity contribution is 0.102. The number of pyridine rings is 2. The van der Waals surface area contributed by atoms with Crippen LogP contribution >= 0.6 is 0 Å². The van der Waals surface area contributed by atoms with Gasteiger partial charge in [0, 0.05) is 35.0 Å². The van der Waals surface area contributed by atoms with Gasteiger partial charge in [-0.3, -0.25) is 19.9 Å². The molecule has 0 bridgehead atoms. The minimum absolute atomic E-state index is 0.281. The van der Waals surface area contributed by atoms with E-state index in [2.05, 4.69) is 37.4 Å². The van der Waals surface area contributed by atoms with Crippen LogP contribution in [0, 0.1) is 0 Å². The number of nitrogens with two attached hydrogens (primary N) is 1. The number of anilines is 2. The zero-order valence-electron chi connectivity index (χ0n) is 19.3. The topological polar surface area (TPSA) is 113 Å². The van der Waals surface area contributed by atoms with Gasteiger partial charge in [0.25, 0.3) is 5.91 Å². The molecule has 0 aliphatic carbocycles. The molecule has 34 heavy (non-hydrogen) atoms. The molecule has 4 N–H and O–H groups in total. The van der Waals surface area contributed by atoms with Crippen molar-refractivity contribution in [3.63, 3.8) is 0 Å². The Morgan fingerprint density at radius 1 is 1.06 bits per heavy atom. The lowest BCUT2D eigenvalue weighted by Gasteiger charge is -2.25. The number of carbonyl (C=O) groups excluding carboxylic acids is 1. The molecule has 3 aromatic heterocycles. The summed E-state index contributed by atoms with van der Waals surface area (Å²) in [5, 5.41) is 10.9. The number of hydrogen-bond acceptors (Lipinski definition) is 6. The molecule has 0 saturated carbocycles. The Morgan fingerprint density at radius 2 is 1.97 bits per heavy atom. The highest BCUT2D eigenvalue weighted by Gasteiger charge is 2.18. The van der Waals surface area contributed by atoms with Crippen molar-refractivity contribution in [2.75, 3.05) is 31.2 Å². The maximum Gasteiger partial charge on any atom is 0.276 e. The van der Waals surface area contributed by atoms with Crippen LogP contribution in [0.25, 0.3) is 22.0 Å². The summed E-state index contributed by atoms with van der Waals surface area (Å²) in [5.74, 6) is 0.180. The number of benzene rings is 1. The molecule has 1 aromatic carbocycles. The first kappa shape index (κ1) is 22.0. The molecule has 0 spiro atoms. The van der Waals surface area contributed by atoms with E-state index in [1.54, 1.807) is 18.6 Å². The molecule has 4 aromatic rings. The number of amides is 1. The van der Waals surface area contributed by atoms with E-state index in [1.165, 1.54) is 19.4 Å². The van der Waals surface area contributed by atoms with E-state index >= 15 is 0 Å². The second kappa shape index (κ2) is 9.61. The van der Waals surface area contributed by atoms with Crippen molar-refractivity contribution in [3.8, 4) is 11.1 Å². The van der Waals surface area contributed by atoms with Crippen LogP contribution in [0.3, 0.4) is 0 Å². The number of rotatable bonds is 4. The fourth-order valence-electron chi connectivity index (χ4n) is 4.59. The molecule has 1 aliphatic heterocycles. The number of nitrogens with zero attached hydrogens (tertiary/aromatic N) is 4. The van der Waals surface area contributed by atoms with E-state index in [1.807, 2.05) is 36.4 Å². The van der Waals surface area contributed by atoms with Gasteiger partial charge in [-0.1, -0.05) is 12.5 Å². The molecule has 1 unspecified atom stereocenters. The van der Waals surface area contributed by atoms with Crippen molar-refractivity contribution in [2.45, 2.75) is 31.6 Å². The average molecular weight is 456 g/mol. The van der Waals surface area contributed by atoms with Crippen molar-refractivity contribution < 1.29 is 4.79 Å². The number of H-pyrrole nitrogens is 1. The molecule has 1 aliphatic rings. The van der Waals surface area contributed by atoms with E-state index in [-0.39, 0.29) is 5.91 Å². The summed E-state index contributed by atoms with van der Waals surface area (Å²) >= 11 is 0. The summed E-state index contributed by atoms with van der Waals surface area (Å²) in [6.07, 6.45) is 9.82. The SMILES string of the molecule is CN1CCCCC(c2ccc(NC(=O)c3n[nH]c4ccc(-c5cncc(N)c5)cc34)cn2)CC1. The second-order valence-electron chi connectivity index (χ2n) is 9.05. The largest absolute Gasteiger partial charge is 0.397 e. The molecule has 5 rings (SSSR count). The van der Waals surface area contributed by atoms with Gasteiger partial charge in [0.15, 0.2) is 5.69 Å². The lowest BCUT2D eigenvalue weighted by Crippen LogP contribution is -2.25. The van der Waals surface area contributed by atoms with Gasteiger partial charge in [-0.2, -0.15) is 5.10 Å². The molecule has 8 heteroatoms. The number of nitrogen functional groups attached to an aromatic ring is 1. The number of aromatic nitrogens is 4. The minimum Gasteiger partial charge on any atom is -0.397 e. The quantitative estimate of drug-likeness (QED) is 0.419. The summed E-state index contributed by atoms with van der Waals surface area (Å²) in [5.41, 5.74) is 11.1. The highest BCUT2D eigenvalue weighted by Crippen LogP contribution is 2.28. The van der Waals surface area contributed by atoms with Crippen molar-refractivity contribution in [1.29, 1.82) is 0 Å². The molecule has 1 atom stereocenters. The van der Waals surface area contributed by atoms with Crippen LogP contribution in [0.5, 0.6) is 0 Å². The first-order valence-electron chi connectivity index (χ1n) is 11.7. The van der Waals surface area contributed by atoms with Gasteiger partial charge in [0.05, 0.1) is 23.1 Å². The van der Waals surface area contributed by atoms with Crippen molar-refractivity contribution in [1.82, 2.24) is 25.1 Å². The highest BCUT2D eigenvalue weighted by molar-refractivity contribution is 6.11. The molecule has 4 heterocycles. The number of carbonyl (C=O) groups is 1. The highest BCUT2D eigenvalue weighted by atomic mass is 16.1. The van der Waals surface area contributed by atoms with Crippen LogP contribution in [0.15, 0.2) is 55.0 Å². The van der Waals surface area contributed by atoms with Crippen LogP contribution in [0.2, 0.25) is 0 Å². The minimum atomic E-state index is -0.281. The molecule has 174 valence electrons. The van der Waals surface area contributed by atoms with Gasteiger partial charge in [0.2, 0.25) is 0 Å². The Labute approximate surface area is 198 Å². The second-order valence-corrected chi connectivity index (χ2v) is 9.05. The first-order valence-corrected chi connectivity index (χ1v) is 11.7. The normalized spacial score (nSPS) is 17.3. The summed E-state index contributed by atoms with van der Waals surface area (Å²) in [7, 11) is 2.18. The molecular weight excluding hydrogens is 426 g/mol. The smallest absolute Gasteiger partial charge is 0.276 e. The third-order valence-electron chi connectivity index (χ3n) is 6.53. The Kier molecular flexibility index (Phi) is 6.22. The van der Waals surface area contributed by atoms with Gasteiger partial charge in [-0.05, 0) is 75.3 Å². The van der Waals surface area contributed by atoms with E-state index in [9.17, 15) is 4.79 Å². The number of likely N-dealkylation sites (tertiary alicyclic amines) is 1. The monoisotopic (exact) mass is 455 g/mol. The standard InChI is InChI=1S/C26H29N7O/c1-33-10-3-2-4-17(9-11-33)23-8-6-21(16-29-23)30-26(34)25-22-13-18(5-7-24(22)31-32-25)19-12-20(27)15-28-14-19/h5-8,12-17H,2-4,9-11,27H2,1H3,(H,30,34)(H,31,32). The van der Waals surface area contributed by atoms with Crippen LogP contribution in [0.4, 0.5) is 11.4 Å². The molecule has 1 amide bonds. The molecular formula is C26H29N7O. The Bertz CT molecular complexity index is 1300. The Balaban J connectivity index is 1.33. The summed E-state index contributed by atoms with van der Waals surface area (Å²) in [6, 6.07) is 11.6. The molecule has 1 fully saturated rings. The van der Waals surface area contributed by atoms with Gasteiger partial charge in [0.1, 0.15) is 0 Å². The number of fused-ring (bicyclic) bond motifs is 1. The molecule has 8 nitrogen and oxygen atoms in total. The Hall–Kier alpha value is -3.78. The fourth-order valence-corrected chi connectivity index (χ4v) is 4.59. The zero-order chi connectivity index (χ0) is 23.5. The number of aromatic amines is 1. The third-order valence-corrected chi connectivity index (χ3v) is 6.53. The van der Waals surface area contributed by atoms with Crippen molar-refractivity contribution in [2.24, 2.45) is 0 Å². The maximum absolute atomic E-state index is 13.0. The summed E-state index contributed by atoms with van der Waals surface area (Å²) in [4.78, 5) is 24.3. The van der Waals surface area contributed by atoms with E-state index in [0.29, 0.717) is 23.0 Å². The van der Waals surface area contributed by atoms with Gasteiger partial charge < -0.3 is 16.0 Å². The molecule has 0 radical (unpaired) electrons. The van der Waals surface area contributed by atoms with Crippen LogP contribution < -0.4 is 11.1 Å². The van der Waals surface area contributed by atoms with Crippen LogP contribution in [0.1, 0.15) is 47.8 Å². The molecule has 1 saturated heterocycles. The Morgan fingerprint density at radius 3 is 2.79 bits per heavy atom. The van der Waals surface area contributed by atoms with Gasteiger partial charge in [-0.15, -0.1) is 0 Å². The predicted octanol–water partition coefficient (Wildman–Crippen LogP) is 4.44. The number of nitrogens with one attached hydrogen (secondary N) is 2. The average Bonchev–Trinajstić information content (AvgIpc) is 3.26. The summed E-state index contributed by atoms with van der Waals surface area (Å²) < 4.78 is 0. The lowest BCUT2D eigenvalue weighted by atomic mass is 9.92.